The van der Waals surface area contributed by atoms with Crippen molar-refractivity contribution in [3.05, 3.63) is 64.4 Å². The van der Waals surface area contributed by atoms with Crippen molar-refractivity contribution in [3.63, 3.8) is 0 Å². The summed E-state index contributed by atoms with van der Waals surface area (Å²) in [6, 6.07) is 10.1. The summed E-state index contributed by atoms with van der Waals surface area (Å²) < 4.78 is 0. The van der Waals surface area contributed by atoms with Gasteiger partial charge in [0, 0.05) is 24.4 Å². The molecule has 1 aromatic heterocycles. The number of aromatic nitrogens is 1. The van der Waals surface area contributed by atoms with E-state index in [-0.39, 0.29) is 5.41 Å². The van der Waals surface area contributed by atoms with Crippen LogP contribution in [0.5, 0.6) is 0 Å². The number of aliphatic hydroxyl groups excluding tert-OH is 1. The van der Waals surface area contributed by atoms with E-state index >= 15 is 0 Å². The van der Waals surface area contributed by atoms with E-state index in [1.54, 1.807) is 18.5 Å². The Labute approximate surface area is 125 Å². The molecule has 0 saturated carbocycles. The lowest BCUT2D eigenvalue weighted by atomic mass is 9.86. The van der Waals surface area contributed by atoms with E-state index in [2.05, 4.69) is 50.0 Å². The van der Waals surface area contributed by atoms with Gasteiger partial charge in [0.05, 0.1) is 11.1 Å². The summed E-state index contributed by atoms with van der Waals surface area (Å²) in [5, 5.41) is 10.8. The fourth-order valence-electron chi connectivity index (χ4n) is 2.13. The van der Waals surface area contributed by atoms with Gasteiger partial charge in [0.2, 0.25) is 0 Å². The van der Waals surface area contributed by atoms with Gasteiger partial charge in [-0.3, -0.25) is 4.98 Å². The predicted octanol–water partition coefficient (Wildman–Crippen LogP) is 4.31. The maximum absolute atomic E-state index is 10.3. The monoisotopic (exact) mass is 289 g/mol. The zero-order valence-corrected chi connectivity index (χ0v) is 12.9. The quantitative estimate of drug-likeness (QED) is 0.913. The third kappa shape index (κ3) is 3.59. The molecule has 0 fully saturated rings. The topological polar surface area (TPSA) is 33.1 Å². The van der Waals surface area contributed by atoms with Crippen molar-refractivity contribution in [1.82, 2.24) is 4.98 Å². The minimum absolute atomic E-state index is 0.144. The molecule has 1 heterocycles. The molecule has 0 bridgehead atoms. The summed E-state index contributed by atoms with van der Waals surface area (Å²) in [4.78, 5) is 3.93. The molecule has 0 amide bonds. The van der Waals surface area contributed by atoms with Gasteiger partial charge in [-0.15, -0.1) is 0 Å². The van der Waals surface area contributed by atoms with Crippen molar-refractivity contribution in [2.24, 2.45) is 0 Å². The number of aliphatic hydroxyl groups is 1. The molecule has 3 heteroatoms. The molecule has 0 radical (unpaired) electrons. The molecule has 0 aliphatic carbocycles. The first-order chi connectivity index (χ1) is 9.38. The first kappa shape index (κ1) is 15.0. The fourth-order valence-corrected chi connectivity index (χ4v) is 2.38. The predicted molar refractivity (Wildman–Crippen MR) is 83.1 cm³/mol. The van der Waals surface area contributed by atoms with Gasteiger partial charge in [-0.2, -0.15) is 0 Å². The summed E-state index contributed by atoms with van der Waals surface area (Å²) >= 11 is 6.05. The molecule has 0 saturated heterocycles. The second-order valence-corrected chi connectivity index (χ2v) is 6.47. The molecule has 1 aromatic carbocycles. The minimum Gasteiger partial charge on any atom is -0.388 e. The summed E-state index contributed by atoms with van der Waals surface area (Å²) in [5.41, 5.74) is 3.25. The van der Waals surface area contributed by atoms with Crippen LogP contribution in [-0.2, 0) is 11.8 Å². The molecule has 0 aliphatic heterocycles. The SMILES string of the molecule is CC(C)(C)c1ccc(CC(O)c2ccncc2Cl)cc1. The summed E-state index contributed by atoms with van der Waals surface area (Å²) in [5.74, 6) is 0. The van der Waals surface area contributed by atoms with Crippen LogP contribution in [0.2, 0.25) is 5.02 Å². The van der Waals surface area contributed by atoms with Gasteiger partial charge in [-0.05, 0) is 22.6 Å². The number of pyridine rings is 1. The van der Waals surface area contributed by atoms with Gasteiger partial charge < -0.3 is 5.11 Å². The van der Waals surface area contributed by atoms with E-state index in [4.69, 9.17) is 11.6 Å². The van der Waals surface area contributed by atoms with Gasteiger partial charge in [-0.1, -0.05) is 56.6 Å². The summed E-state index contributed by atoms with van der Waals surface area (Å²) in [6.45, 7) is 6.56. The molecule has 106 valence electrons. The van der Waals surface area contributed by atoms with Crippen molar-refractivity contribution >= 4 is 11.6 Å². The third-order valence-electron chi connectivity index (χ3n) is 3.41. The molecule has 0 aliphatic rings. The number of hydrogen-bond donors (Lipinski definition) is 1. The average molecular weight is 290 g/mol. The van der Waals surface area contributed by atoms with Crippen molar-refractivity contribution in [1.29, 1.82) is 0 Å². The highest BCUT2D eigenvalue weighted by Gasteiger charge is 2.15. The van der Waals surface area contributed by atoms with Gasteiger partial charge in [0.15, 0.2) is 0 Å². The van der Waals surface area contributed by atoms with Crippen molar-refractivity contribution in [2.45, 2.75) is 38.7 Å². The maximum atomic E-state index is 10.3. The summed E-state index contributed by atoms with van der Waals surface area (Å²) in [6.07, 6.45) is 3.15. The average Bonchev–Trinajstić information content (AvgIpc) is 2.38. The smallest absolute Gasteiger partial charge is 0.0845 e. The fraction of sp³-hybridized carbons (Fsp3) is 0.353. The highest BCUT2D eigenvalue weighted by molar-refractivity contribution is 6.31. The minimum atomic E-state index is -0.606. The molecule has 1 atom stereocenters. The summed E-state index contributed by atoms with van der Waals surface area (Å²) in [7, 11) is 0. The van der Waals surface area contributed by atoms with Gasteiger partial charge in [-0.25, -0.2) is 0 Å². The number of halogens is 1. The standard InChI is InChI=1S/C17H20ClNO/c1-17(2,3)13-6-4-12(5-7-13)10-16(20)14-8-9-19-11-15(14)18/h4-9,11,16,20H,10H2,1-3H3. The first-order valence-corrected chi connectivity index (χ1v) is 7.12. The van der Waals surface area contributed by atoms with Gasteiger partial charge in [0.1, 0.15) is 0 Å². The highest BCUT2D eigenvalue weighted by Crippen LogP contribution is 2.26. The van der Waals surface area contributed by atoms with Crippen LogP contribution in [-0.4, -0.2) is 10.1 Å². The Morgan fingerprint density at radius 3 is 2.35 bits per heavy atom. The second kappa shape index (κ2) is 5.94. The van der Waals surface area contributed by atoms with Crippen LogP contribution in [0, 0.1) is 0 Å². The molecule has 2 nitrogen and oxygen atoms in total. The molecule has 1 unspecified atom stereocenters. The Balaban J connectivity index is 2.13. The van der Waals surface area contributed by atoms with E-state index in [0.717, 1.165) is 11.1 Å². The first-order valence-electron chi connectivity index (χ1n) is 6.75. The van der Waals surface area contributed by atoms with E-state index in [1.807, 2.05) is 0 Å². The molecule has 2 aromatic rings. The van der Waals surface area contributed by atoms with Crippen LogP contribution in [0.1, 0.15) is 43.6 Å². The Morgan fingerprint density at radius 2 is 1.80 bits per heavy atom. The van der Waals surface area contributed by atoms with Crippen LogP contribution < -0.4 is 0 Å². The number of rotatable bonds is 3. The number of hydrogen-bond acceptors (Lipinski definition) is 2. The van der Waals surface area contributed by atoms with Crippen LogP contribution in [0.25, 0.3) is 0 Å². The zero-order chi connectivity index (χ0) is 14.8. The van der Waals surface area contributed by atoms with E-state index in [1.165, 1.54) is 5.56 Å². The molecular weight excluding hydrogens is 270 g/mol. The Hall–Kier alpha value is -1.38. The third-order valence-corrected chi connectivity index (χ3v) is 3.73. The lowest BCUT2D eigenvalue weighted by Crippen LogP contribution is -2.11. The Bertz CT molecular complexity index is 572. The molecular formula is C17H20ClNO. The van der Waals surface area contributed by atoms with Crippen molar-refractivity contribution in [3.8, 4) is 0 Å². The molecule has 0 spiro atoms. The van der Waals surface area contributed by atoms with Crippen LogP contribution >= 0.6 is 11.6 Å². The van der Waals surface area contributed by atoms with Crippen molar-refractivity contribution < 1.29 is 5.11 Å². The van der Waals surface area contributed by atoms with Crippen LogP contribution in [0.4, 0.5) is 0 Å². The van der Waals surface area contributed by atoms with Gasteiger partial charge in [0.25, 0.3) is 0 Å². The highest BCUT2D eigenvalue weighted by atomic mass is 35.5. The number of nitrogens with zero attached hydrogens (tertiary/aromatic N) is 1. The van der Waals surface area contributed by atoms with E-state index in [0.29, 0.717) is 11.4 Å². The lowest BCUT2D eigenvalue weighted by Gasteiger charge is -2.19. The van der Waals surface area contributed by atoms with E-state index < -0.39 is 6.10 Å². The maximum Gasteiger partial charge on any atom is 0.0845 e. The largest absolute Gasteiger partial charge is 0.388 e. The molecule has 1 N–H and O–H groups in total. The Morgan fingerprint density at radius 1 is 1.15 bits per heavy atom. The van der Waals surface area contributed by atoms with E-state index in [9.17, 15) is 5.11 Å². The Kier molecular flexibility index (Phi) is 4.46. The molecule has 20 heavy (non-hydrogen) atoms. The zero-order valence-electron chi connectivity index (χ0n) is 12.1. The van der Waals surface area contributed by atoms with Gasteiger partial charge >= 0.3 is 0 Å². The normalized spacial score (nSPS) is 13.2. The lowest BCUT2D eigenvalue weighted by molar-refractivity contribution is 0.178. The second-order valence-electron chi connectivity index (χ2n) is 6.06. The number of benzene rings is 1. The van der Waals surface area contributed by atoms with Crippen LogP contribution in [0.15, 0.2) is 42.7 Å². The van der Waals surface area contributed by atoms with Crippen molar-refractivity contribution in [2.75, 3.05) is 0 Å². The van der Waals surface area contributed by atoms with Crippen LogP contribution in [0.3, 0.4) is 0 Å². The molecule has 2 rings (SSSR count).